The lowest BCUT2D eigenvalue weighted by Gasteiger charge is -2.29. The molecule has 2 rings (SSSR count). The predicted molar refractivity (Wildman–Crippen MR) is 80.2 cm³/mol. The van der Waals surface area contributed by atoms with Crippen LogP contribution in [0.4, 0.5) is 0 Å². The Morgan fingerprint density at radius 2 is 1.80 bits per heavy atom. The lowest BCUT2D eigenvalue weighted by molar-refractivity contribution is -0.222. The molecular formula is C14H13BrO4S. The Hall–Kier alpha value is -1.27. The van der Waals surface area contributed by atoms with Gasteiger partial charge in [0.2, 0.25) is 0 Å². The monoisotopic (exact) mass is 356 g/mol. The average molecular weight is 357 g/mol. The van der Waals surface area contributed by atoms with E-state index >= 15 is 0 Å². The zero-order valence-corrected chi connectivity index (χ0v) is 13.6. The van der Waals surface area contributed by atoms with Crippen LogP contribution in [0.1, 0.15) is 19.4 Å². The van der Waals surface area contributed by atoms with E-state index in [0.717, 1.165) is 14.9 Å². The molecule has 0 bridgehead atoms. The first-order valence-electron chi connectivity index (χ1n) is 5.84. The molecule has 0 radical (unpaired) electrons. The number of halogens is 1. The molecule has 0 aromatic heterocycles. The zero-order valence-electron chi connectivity index (χ0n) is 11.2. The number of hydrogen-bond donors (Lipinski definition) is 0. The molecule has 1 aliphatic heterocycles. The van der Waals surface area contributed by atoms with Crippen molar-refractivity contribution in [3.05, 3.63) is 33.8 Å². The largest absolute Gasteiger partial charge is 0.419 e. The summed E-state index contributed by atoms with van der Waals surface area (Å²) in [6, 6.07) is 5.56. The van der Waals surface area contributed by atoms with Gasteiger partial charge in [0.15, 0.2) is 0 Å². The summed E-state index contributed by atoms with van der Waals surface area (Å²) in [6.07, 6.45) is 3.44. The number of hydrogen-bond acceptors (Lipinski definition) is 5. The maximum atomic E-state index is 11.8. The molecule has 1 aromatic rings. The van der Waals surface area contributed by atoms with Crippen LogP contribution in [0.15, 0.2) is 33.1 Å². The summed E-state index contributed by atoms with van der Waals surface area (Å²) in [5, 5.41) is 0. The molecule has 20 heavy (non-hydrogen) atoms. The van der Waals surface area contributed by atoms with Crippen molar-refractivity contribution in [1.29, 1.82) is 0 Å². The molecule has 106 valence electrons. The van der Waals surface area contributed by atoms with Crippen LogP contribution in [-0.4, -0.2) is 24.0 Å². The van der Waals surface area contributed by atoms with Crippen molar-refractivity contribution in [3.63, 3.8) is 0 Å². The summed E-state index contributed by atoms with van der Waals surface area (Å²) in [5.74, 6) is -2.55. The molecule has 0 atom stereocenters. The molecule has 0 spiro atoms. The molecule has 4 nitrogen and oxygen atoms in total. The number of benzene rings is 1. The van der Waals surface area contributed by atoms with Gasteiger partial charge in [-0.3, -0.25) is 0 Å². The van der Waals surface area contributed by atoms with Crippen molar-refractivity contribution < 1.29 is 19.1 Å². The fourth-order valence-corrected chi connectivity index (χ4v) is 3.06. The molecule has 1 aromatic carbocycles. The van der Waals surface area contributed by atoms with Crippen LogP contribution >= 0.6 is 27.7 Å². The van der Waals surface area contributed by atoms with E-state index in [-0.39, 0.29) is 5.57 Å². The molecule has 6 heteroatoms. The third-order valence-electron chi connectivity index (χ3n) is 2.60. The number of thioether (sulfide) groups is 1. The highest BCUT2D eigenvalue weighted by Gasteiger charge is 2.38. The molecule has 1 fully saturated rings. The van der Waals surface area contributed by atoms with Gasteiger partial charge in [-0.1, -0.05) is 6.07 Å². The maximum absolute atomic E-state index is 11.8. The van der Waals surface area contributed by atoms with Gasteiger partial charge in [0.1, 0.15) is 5.57 Å². The highest BCUT2D eigenvalue weighted by Crippen LogP contribution is 2.29. The Morgan fingerprint density at radius 3 is 2.30 bits per heavy atom. The van der Waals surface area contributed by atoms with Crippen molar-refractivity contribution in [3.8, 4) is 0 Å². The number of carbonyl (C=O) groups is 2. The van der Waals surface area contributed by atoms with Gasteiger partial charge in [0, 0.05) is 23.2 Å². The lowest BCUT2D eigenvalue weighted by Crippen LogP contribution is -2.41. The van der Waals surface area contributed by atoms with Gasteiger partial charge in [-0.25, -0.2) is 9.59 Å². The van der Waals surface area contributed by atoms with E-state index < -0.39 is 17.7 Å². The fraction of sp³-hybridized carbons (Fsp3) is 0.286. The lowest BCUT2D eigenvalue weighted by atomic mass is 10.1. The Balaban J connectivity index is 2.33. The highest BCUT2D eigenvalue weighted by molar-refractivity contribution is 9.10. The van der Waals surface area contributed by atoms with E-state index in [1.54, 1.807) is 11.8 Å². The van der Waals surface area contributed by atoms with Gasteiger partial charge in [0.05, 0.1) is 0 Å². The molecule has 1 aliphatic rings. The van der Waals surface area contributed by atoms with Gasteiger partial charge in [-0.2, -0.15) is 0 Å². The first-order chi connectivity index (χ1) is 9.32. The summed E-state index contributed by atoms with van der Waals surface area (Å²) >= 11 is 5.04. The minimum Gasteiger partial charge on any atom is -0.419 e. The van der Waals surface area contributed by atoms with Crippen LogP contribution < -0.4 is 0 Å². The van der Waals surface area contributed by atoms with Crippen LogP contribution in [0, 0.1) is 0 Å². The third-order valence-corrected chi connectivity index (χ3v) is 4.32. The highest BCUT2D eigenvalue weighted by atomic mass is 79.9. The fourth-order valence-electron chi connectivity index (χ4n) is 1.72. The topological polar surface area (TPSA) is 52.6 Å². The molecule has 0 unspecified atom stereocenters. The molecule has 1 saturated heterocycles. The number of rotatable bonds is 2. The standard InChI is InChI=1S/C14H13BrO4S/c1-14(2)18-12(16)9(13(17)19-14)6-8-4-5-11(20-3)10(15)7-8/h4-7H,1-3H3. The number of carbonyl (C=O) groups excluding carboxylic acids is 2. The average Bonchev–Trinajstić information content (AvgIpc) is 2.33. The van der Waals surface area contributed by atoms with E-state index in [9.17, 15) is 9.59 Å². The summed E-state index contributed by atoms with van der Waals surface area (Å²) in [6.45, 7) is 3.03. The van der Waals surface area contributed by atoms with Crippen molar-refractivity contribution in [1.82, 2.24) is 0 Å². The van der Waals surface area contributed by atoms with Crippen LogP contribution in [0.2, 0.25) is 0 Å². The minimum absolute atomic E-state index is 0.104. The van der Waals surface area contributed by atoms with E-state index in [0.29, 0.717) is 0 Å². The van der Waals surface area contributed by atoms with Crippen LogP contribution in [0.5, 0.6) is 0 Å². The predicted octanol–water partition coefficient (Wildman–Crippen LogP) is 3.39. The third kappa shape index (κ3) is 3.24. The normalized spacial score (nSPS) is 17.5. The van der Waals surface area contributed by atoms with Crippen molar-refractivity contribution >= 4 is 45.7 Å². The smallest absolute Gasteiger partial charge is 0.348 e. The number of esters is 2. The number of cyclic esters (lactones) is 2. The summed E-state index contributed by atoms with van der Waals surface area (Å²) in [4.78, 5) is 24.7. The molecule has 0 saturated carbocycles. The molecule has 1 heterocycles. The van der Waals surface area contributed by atoms with Gasteiger partial charge < -0.3 is 9.47 Å². The zero-order chi connectivity index (χ0) is 14.9. The second-order valence-electron chi connectivity index (χ2n) is 4.63. The van der Waals surface area contributed by atoms with Crippen molar-refractivity contribution in [2.45, 2.75) is 24.5 Å². The Bertz CT molecular complexity index is 585. The van der Waals surface area contributed by atoms with Gasteiger partial charge in [-0.15, -0.1) is 11.8 Å². The Morgan fingerprint density at radius 1 is 1.20 bits per heavy atom. The van der Waals surface area contributed by atoms with Crippen LogP contribution in [-0.2, 0) is 19.1 Å². The maximum Gasteiger partial charge on any atom is 0.348 e. The van der Waals surface area contributed by atoms with E-state index in [1.165, 1.54) is 19.9 Å². The van der Waals surface area contributed by atoms with Crippen LogP contribution in [0.25, 0.3) is 6.08 Å². The SMILES string of the molecule is CSc1ccc(C=C2C(=O)OC(C)(C)OC2=O)cc1Br. The van der Waals surface area contributed by atoms with Gasteiger partial charge in [0.25, 0.3) is 5.79 Å². The second kappa shape index (κ2) is 5.61. The molecule has 0 N–H and O–H groups in total. The first kappa shape index (κ1) is 15.1. The van der Waals surface area contributed by atoms with Gasteiger partial charge >= 0.3 is 11.9 Å². The summed E-state index contributed by atoms with van der Waals surface area (Å²) in [5.41, 5.74) is 0.617. The number of ether oxygens (including phenoxy) is 2. The van der Waals surface area contributed by atoms with Crippen molar-refractivity contribution in [2.75, 3.05) is 6.26 Å². The van der Waals surface area contributed by atoms with E-state index in [2.05, 4.69) is 15.9 Å². The summed E-state index contributed by atoms with van der Waals surface area (Å²) in [7, 11) is 0. The van der Waals surface area contributed by atoms with E-state index in [4.69, 9.17) is 9.47 Å². The minimum atomic E-state index is -1.21. The quantitative estimate of drug-likeness (QED) is 0.352. The Labute approximate surface area is 129 Å². The first-order valence-corrected chi connectivity index (χ1v) is 7.86. The molecular weight excluding hydrogens is 344 g/mol. The molecule has 0 aliphatic carbocycles. The van der Waals surface area contributed by atoms with Crippen LogP contribution in [0.3, 0.4) is 0 Å². The summed E-state index contributed by atoms with van der Waals surface area (Å²) < 4.78 is 11.0. The second-order valence-corrected chi connectivity index (χ2v) is 6.33. The Kier molecular flexibility index (Phi) is 4.25. The van der Waals surface area contributed by atoms with Crippen molar-refractivity contribution in [2.24, 2.45) is 0 Å². The van der Waals surface area contributed by atoms with E-state index in [1.807, 2.05) is 24.5 Å². The van der Waals surface area contributed by atoms with Gasteiger partial charge in [-0.05, 0) is 46.0 Å². The molecule has 0 amide bonds.